The Balaban J connectivity index is 1.53. The van der Waals surface area contributed by atoms with Gasteiger partial charge in [-0.15, -0.1) is 11.8 Å². The van der Waals surface area contributed by atoms with Gasteiger partial charge in [-0.25, -0.2) is 0 Å². The summed E-state index contributed by atoms with van der Waals surface area (Å²) in [5.41, 5.74) is -0.183. The van der Waals surface area contributed by atoms with Crippen molar-refractivity contribution in [2.24, 2.45) is 29.6 Å². The zero-order chi connectivity index (χ0) is 20.0. The molecule has 0 unspecified atom stereocenters. The largest absolute Gasteiger partial charge is 0.481 e. The summed E-state index contributed by atoms with van der Waals surface area (Å²) >= 11 is 2.96. The van der Waals surface area contributed by atoms with E-state index in [4.69, 9.17) is 5.11 Å². The fourth-order valence-electron chi connectivity index (χ4n) is 6.38. The Morgan fingerprint density at radius 3 is 2.57 bits per heavy atom. The maximum Gasteiger partial charge on any atom is 0.305 e. The molecular formula is C19H22N2O5S2. The molecule has 3 fully saturated rings. The van der Waals surface area contributed by atoms with E-state index in [2.05, 4.69) is 18.8 Å². The van der Waals surface area contributed by atoms with E-state index >= 15 is 0 Å². The van der Waals surface area contributed by atoms with Gasteiger partial charge in [0, 0.05) is 22.1 Å². The fraction of sp³-hybridized carbons (Fsp3) is 0.684. The standard InChI is InChI=1S/C19H22N2O5S2/c1-3-19(2)12-7-6-8(13(12)27-15-14(19)28-18(26)20-15)11-10(7)16(24)21(17(11)25)5-4-9(22)23/h7-8,10-13H,3-6H2,1-2H3,(H,20,26)(H,22,23)/t7-,8+,10-,11+,12-,13-,19+/m1/s1. The number of likely N-dealkylation sites (tertiary alicyclic amines) is 1. The lowest BCUT2D eigenvalue weighted by molar-refractivity contribution is -0.142. The number of aromatic amines is 1. The van der Waals surface area contributed by atoms with E-state index in [1.54, 1.807) is 11.8 Å². The predicted molar refractivity (Wildman–Crippen MR) is 103 cm³/mol. The van der Waals surface area contributed by atoms with Crippen molar-refractivity contribution in [1.29, 1.82) is 0 Å². The quantitative estimate of drug-likeness (QED) is 0.718. The molecule has 2 aliphatic heterocycles. The van der Waals surface area contributed by atoms with Crippen LogP contribution in [0.4, 0.5) is 0 Å². The number of carboxylic acid groups (broad SMARTS) is 1. The number of aromatic nitrogens is 1. The van der Waals surface area contributed by atoms with Gasteiger partial charge < -0.3 is 10.1 Å². The SMILES string of the molecule is CC[C@]1(C)c2sc(=O)[nH]c2S[C@@H]2[C@H]3C[C@H]([C@H]4C(=O)N(CCC(=O)O)C(=O)[C@@H]34)[C@H]21. The van der Waals surface area contributed by atoms with Crippen molar-refractivity contribution in [2.45, 2.75) is 48.8 Å². The van der Waals surface area contributed by atoms with Gasteiger partial charge >= 0.3 is 10.8 Å². The number of carbonyl (C=O) groups excluding carboxylic acids is 2. The maximum atomic E-state index is 13.1. The number of amides is 2. The van der Waals surface area contributed by atoms with E-state index in [-0.39, 0.29) is 69.9 Å². The lowest BCUT2D eigenvalue weighted by Crippen LogP contribution is -2.49. The summed E-state index contributed by atoms with van der Waals surface area (Å²) in [6.07, 6.45) is 1.54. The van der Waals surface area contributed by atoms with Crippen LogP contribution in [0.3, 0.4) is 0 Å². The minimum Gasteiger partial charge on any atom is -0.481 e. The first-order chi connectivity index (χ1) is 13.3. The fourth-order valence-corrected chi connectivity index (χ4v) is 9.58. The summed E-state index contributed by atoms with van der Waals surface area (Å²) in [6, 6.07) is 0. The van der Waals surface area contributed by atoms with Crippen molar-refractivity contribution in [1.82, 2.24) is 9.88 Å². The Morgan fingerprint density at radius 2 is 1.93 bits per heavy atom. The lowest BCUT2D eigenvalue weighted by Gasteiger charge is -2.48. The number of nitrogens with one attached hydrogen (secondary N) is 1. The highest BCUT2D eigenvalue weighted by Gasteiger charge is 2.71. The van der Waals surface area contributed by atoms with Gasteiger partial charge in [0.1, 0.15) is 0 Å². The van der Waals surface area contributed by atoms with Crippen LogP contribution in [0.25, 0.3) is 0 Å². The summed E-state index contributed by atoms with van der Waals surface area (Å²) in [5.74, 6) is -1.54. The van der Waals surface area contributed by atoms with E-state index in [1.165, 1.54) is 16.2 Å². The van der Waals surface area contributed by atoms with Gasteiger partial charge in [-0.05, 0) is 30.6 Å². The molecule has 4 aliphatic rings. The molecule has 0 spiro atoms. The Kier molecular flexibility index (Phi) is 3.91. The molecule has 0 radical (unpaired) electrons. The third-order valence-electron chi connectivity index (χ3n) is 7.60. The molecular weight excluding hydrogens is 400 g/mol. The lowest BCUT2D eigenvalue weighted by atomic mass is 9.62. The Hall–Kier alpha value is -1.61. The zero-order valence-corrected chi connectivity index (χ0v) is 17.3. The molecule has 28 heavy (non-hydrogen) atoms. The Morgan fingerprint density at radius 1 is 1.25 bits per heavy atom. The van der Waals surface area contributed by atoms with Gasteiger partial charge in [0.05, 0.1) is 23.3 Å². The number of aliphatic carboxylic acids is 1. The molecule has 7 atom stereocenters. The first-order valence-electron chi connectivity index (χ1n) is 9.75. The summed E-state index contributed by atoms with van der Waals surface area (Å²) in [4.78, 5) is 54.2. The summed E-state index contributed by atoms with van der Waals surface area (Å²) in [7, 11) is 0. The molecule has 2 amide bonds. The Bertz CT molecular complexity index is 954. The molecule has 2 saturated carbocycles. The molecule has 0 aromatic carbocycles. The number of imide groups is 1. The second kappa shape index (κ2) is 5.95. The second-order valence-electron chi connectivity index (χ2n) is 8.64. The molecule has 2 aliphatic carbocycles. The molecule has 7 nitrogen and oxygen atoms in total. The van der Waals surface area contributed by atoms with E-state index < -0.39 is 5.97 Å². The van der Waals surface area contributed by atoms with Gasteiger partial charge in [-0.3, -0.25) is 24.1 Å². The molecule has 2 N–H and O–H groups in total. The predicted octanol–water partition coefficient (Wildman–Crippen LogP) is 1.92. The van der Waals surface area contributed by atoms with E-state index in [0.29, 0.717) is 0 Å². The zero-order valence-electron chi connectivity index (χ0n) is 15.6. The number of carboxylic acids is 1. The Labute approximate surface area is 169 Å². The molecule has 2 bridgehead atoms. The van der Waals surface area contributed by atoms with Gasteiger partial charge in [0.25, 0.3) is 0 Å². The van der Waals surface area contributed by atoms with Crippen LogP contribution < -0.4 is 4.87 Å². The van der Waals surface area contributed by atoms with Crippen LogP contribution in [0, 0.1) is 29.6 Å². The molecule has 9 heteroatoms. The van der Waals surface area contributed by atoms with Crippen molar-refractivity contribution in [3.8, 4) is 0 Å². The number of carbonyl (C=O) groups is 3. The number of hydrogen-bond donors (Lipinski definition) is 2. The van der Waals surface area contributed by atoms with Gasteiger partial charge in [-0.2, -0.15) is 0 Å². The van der Waals surface area contributed by atoms with E-state index in [9.17, 15) is 19.2 Å². The monoisotopic (exact) mass is 422 g/mol. The smallest absolute Gasteiger partial charge is 0.305 e. The van der Waals surface area contributed by atoms with Crippen LogP contribution >= 0.6 is 23.1 Å². The van der Waals surface area contributed by atoms with Crippen molar-refractivity contribution < 1.29 is 19.5 Å². The van der Waals surface area contributed by atoms with E-state index in [0.717, 1.165) is 22.7 Å². The van der Waals surface area contributed by atoms with Crippen molar-refractivity contribution in [3.63, 3.8) is 0 Å². The summed E-state index contributed by atoms with van der Waals surface area (Å²) in [6.45, 7) is 4.30. The van der Waals surface area contributed by atoms with Crippen molar-refractivity contribution in [3.05, 3.63) is 14.5 Å². The van der Waals surface area contributed by atoms with Crippen LogP contribution in [-0.2, 0) is 19.8 Å². The summed E-state index contributed by atoms with van der Waals surface area (Å²) < 4.78 is 0. The van der Waals surface area contributed by atoms with Gasteiger partial charge in [0.15, 0.2) is 0 Å². The number of thiazole rings is 1. The minimum absolute atomic E-state index is 0.0341. The molecule has 3 heterocycles. The summed E-state index contributed by atoms with van der Waals surface area (Å²) in [5, 5.41) is 10.1. The average Bonchev–Trinajstić information content (AvgIpc) is 3.36. The number of fused-ring (bicyclic) bond motifs is 9. The number of H-pyrrole nitrogens is 1. The average molecular weight is 423 g/mol. The maximum absolute atomic E-state index is 13.1. The van der Waals surface area contributed by atoms with Crippen LogP contribution in [0.1, 0.15) is 38.0 Å². The highest BCUT2D eigenvalue weighted by Crippen LogP contribution is 2.69. The molecule has 1 aromatic rings. The number of hydrogen-bond acceptors (Lipinski definition) is 6. The first kappa shape index (κ1) is 18.4. The normalized spacial score (nSPS) is 40.6. The molecule has 150 valence electrons. The van der Waals surface area contributed by atoms with Crippen LogP contribution in [0.15, 0.2) is 9.82 Å². The molecule has 1 saturated heterocycles. The van der Waals surface area contributed by atoms with E-state index in [1.807, 2.05) is 0 Å². The number of rotatable bonds is 4. The molecule has 5 rings (SSSR count). The van der Waals surface area contributed by atoms with Gasteiger partial charge in [0.2, 0.25) is 11.8 Å². The highest BCUT2D eigenvalue weighted by atomic mass is 32.2. The third-order valence-corrected chi connectivity index (χ3v) is 10.4. The van der Waals surface area contributed by atoms with Gasteiger partial charge in [-0.1, -0.05) is 25.2 Å². The molecule has 1 aromatic heterocycles. The third kappa shape index (κ3) is 2.17. The number of nitrogens with zero attached hydrogens (tertiary/aromatic N) is 1. The van der Waals surface area contributed by atoms with Crippen LogP contribution in [0.5, 0.6) is 0 Å². The first-order valence-corrected chi connectivity index (χ1v) is 11.4. The van der Waals surface area contributed by atoms with Crippen molar-refractivity contribution in [2.75, 3.05) is 6.54 Å². The minimum atomic E-state index is -1.00. The topological polar surface area (TPSA) is 108 Å². The number of thioether (sulfide) groups is 1. The van der Waals surface area contributed by atoms with Crippen molar-refractivity contribution >= 4 is 40.9 Å². The highest BCUT2D eigenvalue weighted by molar-refractivity contribution is 8.00. The second-order valence-corrected chi connectivity index (χ2v) is 10.8. The van der Waals surface area contributed by atoms with Crippen LogP contribution in [0.2, 0.25) is 0 Å². The van der Waals surface area contributed by atoms with Crippen LogP contribution in [-0.4, -0.2) is 44.6 Å².